The van der Waals surface area contributed by atoms with Crippen LogP contribution in [0.5, 0.6) is 0 Å². The number of allylic oxidation sites excluding steroid dienone is 6. The van der Waals surface area contributed by atoms with Gasteiger partial charge in [0.15, 0.2) is 0 Å². The van der Waals surface area contributed by atoms with E-state index in [1.165, 1.54) is 39.0 Å². The highest BCUT2D eigenvalue weighted by Crippen LogP contribution is 2.15. The number of rotatable bonds is 3. The van der Waals surface area contributed by atoms with Gasteiger partial charge in [-0.25, -0.2) is 0 Å². The molecule has 0 heteroatoms. The second-order valence-electron chi connectivity index (χ2n) is 8.20. The van der Waals surface area contributed by atoms with Crippen molar-refractivity contribution in [2.24, 2.45) is 0 Å². The molecule has 0 N–H and O–H groups in total. The normalized spacial score (nSPS) is 8.15. The predicted molar refractivity (Wildman–Crippen MR) is 198 cm³/mol. The van der Waals surface area contributed by atoms with Gasteiger partial charge in [0.25, 0.3) is 0 Å². The lowest BCUT2D eigenvalue weighted by Crippen LogP contribution is -1.81. The third-order valence-corrected chi connectivity index (χ3v) is 4.53. The van der Waals surface area contributed by atoms with Crippen LogP contribution in [0.3, 0.4) is 0 Å². The first-order chi connectivity index (χ1) is 18.5. The van der Waals surface area contributed by atoms with E-state index in [9.17, 15) is 0 Å². The van der Waals surface area contributed by atoms with Gasteiger partial charge in [-0.1, -0.05) is 143 Å². The summed E-state index contributed by atoms with van der Waals surface area (Å²) in [6.07, 6.45) is 5.15. The highest BCUT2D eigenvalue weighted by atomic mass is 14.0. The summed E-state index contributed by atoms with van der Waals surface area (Å²) in [4.78, 5) is 0. The zero-order valence-electron chi connectivity index (χ0n) is 28.7. The molecule has 40 heavy (non-hydrogen) atoms. The van der Waals surface area contributed by atoms with E-state index in [4.69, 9.17) is 0 Å². The minimum atomic E-state index is 0. The summed E-state index contributed by atoms with van der Waals surface area (Å²) >= 11 is 0. The minimum absolute atomic E-state index is 0. The van der Waals surface area contributed by atoms with E-state index >= 15 is 0 Å². The Morgan fingerprint density at radius 1 is 0.700 bits per heavy atom. The maximum Gasteiger partial charge on any atom is -0.0204 e. The van der Waals surface area contributed by atoms with Crippen molar-refractivity contribution in [1.82, 2.24) is 0 Å². The number of hydrogen-bond acceptors (Lipinski definition) is 0. The number of hydrogen-bond donors (Lipinski definition) is 0. The zero-order chi connectivity index (χ0) is 32.4. The van der Waals surface area contributed by atoms with Gasteiger partial charge < -0.3 is 0 Å². The standard InChI is InChI=1S/C10H12.C10H18.C8H10.C3H6.2C2H6.2C2H4.CH4/c1-8(2)10-7-5-4-6-9(10)3;1-6-9(4)10(5)7-8(2)3;1-7-3-5-8(2)6-4-7;1-3-2;4*1-2;/h4-7H,1H2,2-3H3;7H,6H2,1-5H3;3-6H,1-2H3;3H,1H2,2H3;2*1-2H3;2*1-2H2;1H4/b;10-9+;;;;;;;. The molecule has 0 aliphatic carbocycles. The quantitative estimate of drug-likeness (QED) is 0.263. The van der Waals surface area contributed by atoms with Crippen LogP contribution < -0.4 is 0 Å². The molecule has 0 nitrogen and oxygen atoms in total. The van der Waals surface area contributed by atoms with Crippen LogP contribution in [0, 0.1) is 20.8 Å². The second kappa shape index (κ2) is 43.0. The van der Waals surface area contributed by atoms with Gasteiger partial charge in [-0.2, -0.15) is 0 Å². The van der Waals surface area contributed by atoms with E-state index in [2.05, 4.69) is 137 Å². The highest BCUT2D eigenvalue weighted by Gasteiger charge is 1.94. The van der Waals surface area contributed by atoms with Crippen molar-refractivity contribution in [3.05, 3.63) is 139 Å². The molecule has 0 aliphatic heterocycles. The van der Waals surface area contributed by atoms with E-state index in [1.54, 1.807) is 6.08 Å². The lowest BCUT2D eigenvalue weighted by Gasteiger charge is -2.02. The first-order valence-corrected chi connectivity index (χ1v) is 14.1. The van der Waals surface area contributed by atoms with E-state index in [-0.39, 0.29) is 7.43 Å². The van der Waals surface area contributed by atoms with Gasteiger partial charge >= 0.3 is 0 Å². The Kier molecular flexibility index (Phi) is 57.1. The van der Waals surface area contributed by atoms with Gasteiger partial charge in [-0.05, 0) is 79.9 Å². The lowest BCUT2D eigenvalue weighted by atomic mass is 10.0. The molecule has 0 spiro atoms. The van der Waals surface area contributed by atoms with Crippen molar-refractivity contribution in [3.63, 3.8) is 0 Å². The first-order valence-electron chi connectivity index (χ1n) is 14.1. The van der Waals surface area contributed by atoms with Gasteiger partial charge in [0, 0.05) is 0 Å². The van der Waals surface area contributed by atoms with Crippen LogP contribution in [-0.4, -0.2) is 0 Å². The van der Waals surface area contributed by atoms with Crippen molar-refractivity contribution >= 4 is 5.57 Å². The Hall–Kier alpha value is -3.12. The first kappa shape index (κ1) is 53.2. The molecule has 0 unspecified atom stereocenters. The molecule has 0 aliphatic rings. The van der Waals surface area contributed by atoms with Gasteiger partial charge in [0.2, 0.25) is 0 Å². The molecule has 230 valence electrons. The average molecular weight is 551 g/mol. The predicted octanol–water partition coefficient (Wildman–Crippen LogP) is 14.5. The largest absolute Gasteiger partial charge is 0.106 e. The summed E-state index contributed by atoms with van der Waals surface area (Å²) < 4.78 is 0. The molecule has 2 aromatic carbocycles. The number of aryl methyl sites for hydroxylation is 3. The molecule has 0 fully saturated rings. The Morgan fingerprint density at radius 2 is 1.02 bits per heavy atom. The van der Waals surface area contributed by atoms with Gasteiger partial charge in [-0.15, -0.1) is 32.9 Å². The fourth-order valence-corrected chi connectivity index (χ4v) is 2.52. The van der Waals surface area contributed by atoms with Crippen molar-refractivity contribution in [3.8, 4) is 0 Å². The smallest absolute Gasteiger partial charge is 0.0204 e. The summed E-state index contributed by atoms with van der Waals surface area (Å²) in [6, 6.07) is 16.8. The van der Waals surface area contributed by atoms with Crippen molar-refractivity contribution < 1.29 is 0 Å². The van der Waals surface area contributed by atoms with Crippen LogP contribution in [0.4, 0.5) is 0 Å². The minimum Gasteiger partial charge on any atom is -0.106 e. The Labute approximate surface area is 255 Å². The third kappa shape index (κ3) is 39.4. The van der Waals surface area contributed by atoms with Crippen molar-refractivity contribution in [1.29, 1.82) is 0 Å². The molecule has 2 aromatic rings. The summed E-state index contributed by atoms with van der Waals surface area (Å²) in [5.74, 6) is 0. The number of benzene rings is 2. The van der Waals surface area contributed by atoms with Crippen LogP contribution in [-0.2, 0) is 0 Å². The molecule has 0 aromatic heterocycles. The summed E-state index contributed by atoms with van der Waals surface area (Å²) in [5, 5.41) is 0. The SMILES string of the molecule is C.C=C.C=C.C=C(C)c1ccccc1C.C=CC.CC.CC.CC/C(C)=C(\C)C=C(C)C.Cc1ccc(C)cc1. The zero-order valence-corrected chi connectivity index (χ0v) is 28.7. The molecule has 0 radical (unpaired) electrons. The van der Waals surface area contributed by atoms with Crippen molar-refractivity contribution in [2.75, 3.05) is 0 Å². The summed E-state index contributed by atoms with van der Waals surface area (Å²) in [6.45, 7) is 48.3. The maximum absolute atomic E-state index is 3.89. The molecular weight excluding hydrogens is 480 g/mol. The van der Waals surface area contributed by atoms with E-state index in [0.29, 0.717) is 0 Å². The molecule has 0 bridgehead atoms. The third-order valence-electron chi connectivity index (χ3n) is 4.53. The van der Waals surface area contributed by atoms with Crippen LogP contribution in [0.15, 0.2) is 117 Å². The summed E-state index contributed by atoms with van der Waals surface area (Å²) in [7, 11) is 0. The molecule has 0 atom stereocenters. The molecular formula is C40H70. The fraction of sp³-hybridized carbons (Fsp3) is 0.400. The van der Waals surface area contributed by atoms with Crippen LogP contribution >= 0.6 is 0 Å². The van der Waals surface area contributed by atoms with Crippen LogP contribution in [0.2, 0.25) is 0 Å². The highest BCUT2D eigenvalue weighted by molar-refractivity contribution is 5.63. The Balaban J connectivity index is -0.0000000688. The molecule has 2 rings (SSSR count). The van der Waals surface area contributed by atoms with Crippen molar-refractivity contribution in [2.45, 2.75) is 111 Å². The maximum atomic E-state index is 3.89. The van der Waals surface area contributed by atoms with Gasteiger partial charge in [0.1, 0.15) is 0 Å². The Bertz CT molecular complexity index is 830. The molecule has 0 saturated heterocycles. The fourth-order valence-electron chi connectivity index (χ4n) is 2.52. The van der Waals surface area contributed by atoms with Gasteiger partial charge in [0.05, 0.1) is 0 Å². The molecule has 0 amide bonds. The molecule has 0 saturated carbocycles. The topological polar surface area (TPSA) is 0 Å². The van der Waals surface area contributed by atoms with Crippen LogP contribution in [0.1, 0.15) is 112 Å². The summed E-state index contributed by atoms with van der Waals surface area (Å²) in [5.41, 5.74) is 10.6. The monoisotopic (exact) mass is 551 g/mol. The average Bonchev–Trinajstić information content (AvgIpc) is 2.95. The van der Waals surface area contributed by atoms with E-state index in [0.717, 1.165) is 12.0 Å². The van der Waals surface area contributed by atoms with E-state index in [1.807, 2.05) is 53.7 Å². The lowest BCUT2D eigenvalue weighted by molar-refractivity contribution is 1.07. The molecule has 0 heterocycles. The van der Waals surface area contributed by atoms with Crippen LogP contribution in [0.25, 0.3) is 5.57 Å². The van der Waals surface area contributed by atoms with Gasteiger partial charge in [-0.3, -0.25) is 0 Å². The second-order valence-corrected chi connectivity index (χ2v) is 8.20. The van der Waals surface area contributed by atoms with E-state index < -0.39 is 0 Å². The Morgan fingerprint density at radius 3 is 1.25 bits per heavy atom.